The number of aliphatic hydroxyl groups excluding tert-OH is 2. The van der Waals surface area contributed by atoms with E-state index in [0.29, 0.717) is 56.9 Å². The van der Waals surface area contributed by atoms with Crippen LogP contribution in [0.4, 0.5) is 9.59 Å². The average molecular weight is 700 g/mol. The predicted molar refractivity (Wildman–Crippen MR) is 190 cm³/mol. The number of oxime groups is 1. The van der Waals surface area contributed by atoms with E-state index in [9.17, 15) is 19.8 Å². The Labute approximate surface area is 296 Å². The topological polar surface area (TPSA) is 148 Å². The van der Waals surface area contributed by atoms with Crippen LogP contribution >= 0.6 is 0 Å². The number of hydrogen-bond donors (Lipinski definition) is 3. The van der Waals surface area contributed by atoms with Crippen LogP contribution in [-0.2, 0) is 14.3 Å². The van der Waals surface area contributed by atoms with Gasteiger partial charge in [-0.1, -0.05) is 37.1 Å². The zero-order valence-electron chi connectivity index (χ0n) is 30.2. The van der Waals surface area contributed by atoms with Crippen molar-refractivity contribution in [3.05, 3.63) is 48.1 Å². The summed E-state index contributed by atoms with van der Waals surface area (Å²) in [5, 5.41) is 26.9. The Hall–Kier alpha value is -3.61. The van der Waals surface area contributed by atoms with Gasteiger partial charge in [0.25, 0.3) is 0 Å². The molecule has 1 fully saturated rings. The lowest BCUT2D eigenvalue weighted by Crippen LogP contribution is -2.70. The van der Waals surface area contributed by atoms with E-state index in [4.69, 9.17) is 23.8 Å². The number of benzene rings is 1. The molecular weight excluding hydrogens is 642 g/mol. The van der Waals surface area contributed by atoms with Crippen LogP contribution in [0.1, 0.15) is 90.5 Å². The lowest BCUT2D eigenvalue weighted by Gasteiger charge is -2.59. The highest BCUT2D eigenvalue weighted by Gasteiger charge is 2.65. The Morgan fingerprint density at radius 3 is 2.52 bits per heavy atom. The monoisotopic (exact) mass is 699 g/mol. The molecule has 4 rings (SSSR count). The van der Waals surface area contributed by atoms with Gasteiger partial charge in [0.15, 0.2) is 0 Å². The van der Waals surface area contributed by atoms with Crippen molar-refractivity contribution >= 4 is 17.9 Å². The first-order valence-corrected chi connectivity index (χ1v) is 18.4. The van der Waals surface area contributed by atoms with E-state index < -0.39 is 29.9 Å². The highest BCUT2D eigenvalue weighted by Crippen LogP contribution is 2.62. The molecular formula is C38H57N3O9. The van der Waals surface area contributed by atoms with Gasteiger partial charge < -0.3 is 39.3 Å². The Morgan fingerprint density at radius 1 is 1.10 bits per heavy atom. The van der Waals surface area contributed by atoms with Crippen LogP contribution in [0.2, 0.25) is 0 Å². The fourth-order valence-corrected chi connectivity index (χ4v) is 7.96. The lowest BCUT2D eigenvalue weighted by molar-refractivity contribution is -0.255. The zero-order valence-corrected chi connectivity index (χ0v) is 30.2. The van der Waals surface area contributed by atoms with Gasteiger partial charge in [-0.3, -0.25) is 4.90 Å². The van der Waals surface area contributed by atoms with Crippen LogP contribution in [0.15, 0.2) is 47.7 Å². The number of carbonyl (C=O) groups excluding carboxylic acids is 2. The lowest BCUT2D eigenvalue weighted by atomic mass is 9.55. The molecule has 50 heavy (non-hydrogen) atoms. The van der Waals surface area contributed by atoms with Crippen LogP contribution in [0.5, 0.6) is 11.5 Å². The van der Waals surface area contributed by atoms with Gasteiger partial charge in [0.05, 0.1) is 24.8 Å². The molecule has 1 aliphatic heterocycles. The highest BCUT2D eigenvalue weighted by atomic mass is 16.7. The summed E-state index contributed by atoms with van der Waals surface area (Å²) in [6.45, 7) is 13.2. The first kappa shape index (κ1) is 39.2. The molecule has 0 bridgehead atoms. The molecule has 278 valence electrons. The summed E-state index contributed by atoms with van der Waals surface area (Å²) in [5.74, 6) is -0.928. The SMILES string of the molecule is C=CCO[C@@]12Oc3ccc(OC(=O)NCC)cc3[C@H]3[C@H](CCCCO)[C@@H](CCCCO)C=C(C(=NOCC)C[C@@H]1N(CCC)C(=O)OCC)[C@H]32. The fourth-order valence-electron chi connectivity index (χ4n) is 7.96. The molecule has 2 amide bonds. The standard InChI is InChI=1S/C38H57N3O9/c1-6-19-41(37(45)46-9-4)33-25-31(40-48-10-5)29-23-26(15-11-13-20-42)28(16-12-14-21-43)34-30-24-27(49-36(44)39-8-3)17-18-32(30)50-38(33,35(29)34)47-22-7-2/h7,17-18,23-24,26,28,33-35,42-43H,2,6,8-16,19-22,25H2,1,3-5H3,(H,39,44)/t26-,28+,33-,34+,35+,38+/m0/s1. The predicted octanol–water partition coefficient (Wildman–Crippen LogP) is 6.32. The van der Waals surface area contributed by atoms with Gasteiger partial charge in [-0.25, -0.2) is 9.59 Å². The first-order valence-electron chi connectivity index (χ1n) is 18.4. The van der Waals surface area contributed by atoms with Crippen molar-refractivity contribution in [2.45, 2.75) is 96.8 Å². The van der Waals surface area contributed by atoms with Crippen molar-refractivity contribution in [2.24, 2.45) is 22.9 Å². The summed E-state index contributed by atoms with van der Waals surface area (Å²) in [6.07, 6.45) is 8.54. The van der Waals surface area contributed by atoms with Crippen LogP contribution in [0, 0.1) is 17.8 Å². The molecule has 0 saturated heterocycles. The minimum Gasteiger partial charge on any atom is -0.459 e. The van der Waals surface area contributed by atoms with Gasteiger partial charge in [-0.15, -0.1) is 6.58 Å². The molecule has 6 atom stereocenters. The van der Waals surface area contributed by atoms with E-state index in [2.05, 4.69) is 23.1 Å². The number of carbonyl (C=O) groups is 2. The van der Waals surface area contributed by atoms with Crippen molar-refractivity contribution < 1.29 is 43.6 Å². The number of nitrogens with zero attached hydrogens (tertiary/aromatic N) is 2. The Kier molecular flexibility index (Phi) is 15.0. The molecule has 12 heteroatoms. The van der Waals surface area contributed by atoms with Gasteiger partial charge >= 0.3 is 12.2 Å². The summed E-state index contributed by atoms with van der Waals surface area (Å²) in [4.78, 5) is 33.8. The Morgan fingerprint density at radius 2 is 1.86 bits per heavy atom. The van der Waals surface area contributed by atoms with Crippen LogP contribution in [0.25, 0.3) is 0 Å². The van der Waals surface area contributed by atoms with Crippen molar-refractivity contribution in [3.63, 3.8) is 0 Å². The molecule has 1 saturated carbocycles. The number of allylic oxidation sites excluding steroid dienone is 1. The maximum absolute atomic E-state index is 13.8. The number of nitrogens with one attached hydrogen (secondary N) is 1. The quantitative estimate of drug-likeness (QED) is 0.0858. The second-order valence-corrected chi connectivity index (χ2v) is 13.0. The smallest absolute Gasteiger partial charge is 0.412 e. The summed E-state index contributed by atoms with van der Waals surface area (Å²) >= 11 is 0. The van der Waals surface area contributed by atoms with E-state index in [1.807, 2.05) is 32.9 Å². The molecule has 0 aromatic heterocycles. The second-order valence-electron chi connectivity index (χ2n) is 13.0. The molecule has 1 heterocycles. The third kappa shape index (κ3) is 8.63. The molecule has 0 radical (unpaired) electrons. The van der Waals surface area contributed by atoms with Crippen LogP contribution < -0.4 is 14.8 Å². The van der Waals surface area contributed by atoms with Crippen molar-refractivity contribution in [1.82, 2.24) is 10.2 Å². The number of unbranched alkanes of at least 4 members (excludes halogenated alkanes) is 2. The van der Waals surface area contributed by atoms with E-state index in [-0.39, 0.29) is 44.2 Å². The van der Waals surface area contributed by atoms with Gasteiger partial charge in [0.2, 0.25) is 5.79 Å². The molecule has 1 aromatic rings. The summed E-state index contributed by atoms with van der Waals surface area (Å²) in [7, 11) is 0. The number of fused-ring (bicyclic) bond motifs is 2. The molecule has 0 unspecified atom stereocenters. The number of rotatable bonds is 19. The molecule has 3 N–H and O–H groups in total. The molecule has 12 nitrogen and oxygen atoms in total. The van der Waals surface area contributed by atoms with Crippen molar-refractivity contribution in [2.75, 3.05) is 46.1 Å². The minimum atomic E-state index is -1.36. The minimum absolute atomic E-state index is 0.0531. The largest absolute Gasteiger partial charge is 0.459 e. The van der Waals surface area contributed by atoms with Gasteiger partial charge in [0, 0.05) is 44.2 Å². The van der Waals surface area contributed by atoms with Gasteiger partial charge in [-0.2, -0.15) is 0 Å². The Bertz CT molecular complexity index is 1350. The molecule has 1 aromatic carbocycles. The number of amides is 2. The molecule has 3 aliphatic rings. The first-order chi connectivity index (χ1) is 24.3. The van der Waals surface area contributed by atoms with E-state index in [1.54, 1.807) is 24.0 Å². The third-order valence-corrected chi connectivity index (χ3v) is 9.82. The summed E-state index contributed by atoms with van der Waals surface area (Å²) in [5.41, 5.74) is 2.53. The number of ether oxygens (including phenoxy) is 4. The highest BCUT2D eigenvalue weighted by molar-refractivity contribution is 6.03. The van der Waals surface area contributed by atoms with Crippen molar-refractivity contribution in [3.8, 4) is 11.5 Å². The molecule has 2 aliphatic carbocycles. The zero-order chi connectivity index (χ0) is 36.1. The van der Waals surface area contributed by atoms with E-state index in [0.717, 1.165) is 42.5 Å². The maximum atomic E-state index is 13.8. The van der Waals surface area contributed by atoms with Crippen LogP contribution in [0.3, 0.4) is 0 Å². The average Bonchev–Trinajstić information content (AvgIpc) is 3.10. The normalized spacial score (nSPS) is 25.8. The fraction of sp³-hybridized carbons (Fsp3) is 0.658. The van der Waals surface area contributed by atoms with Gasteiger partial charge in [0.1, 0.15) is 24.1 Å². The van der Waals surface area contributed by atoms with Crippen molar-refractivity contribution in [1.29, 1.82) is 0 Å². The van der Waals surface area contributed by atoms with Gasteiger partial charge in [-0.05, 0) is 88.5 Å². The third-order valence-electron chi connectivity index (χ3n) is 9.82. The molecule has 0 spiro atoms. The summed E-state index contributed by atoms with van der Waals surface area (Å²) < 4.78 is 25.3. The van der Waals surface area contributed by atoms with E-state index in [1.165, 1.54) is 0 Å². The Balaban J connectivity index is 2.03. The van der Waals surface area contributed by atoms with Crippen LogP contribution in [-0.4, -0.2) is 91.0 Å². The maximum Gasteiger partial charge on any atom is 0.412 e. The second kappa shape index (κ2) is 19.1. The number of aliphatic hydroxyl groups is 2. The van der Waals surface area contributed by atoms with E-state index >= 15 is 0 Å². The number of hydrogen-bond acceptors (Lipinski definition) is 10. The summed E-state index contributed by atoms with van der Waals surface area (Å²) in [6, 6.07) is 4.77.